The van der Waals surface area contributed by atoms with Crippen LogP contribution in [0.15, 0.2) is 30.3 Å². The van der Waals surface area contributed by atoms with Crippen molar-refractivity contribution < 1.29 is 9.18 Å². The summed E-state index contributed by atoms with van der Waals surface area (Å²) in [5.74, 6) is -0.652. The van der Waals surface area contributed by atoms with E-state index >= 15 is 0 Å². The molecule has 0 saturated heterocycles. The maximum Gasteiger partial charge on any atom is 0.268 e. The van der Waals surface area contributed by atoms with Crippen LogP contribution in [0.3, 0.4) is 0 Å². The summed E-state index contributed by atoms with van der Waals surface area (Å²) in [6.07, 6.45) is 0. The Hall–Kier alpha value is -2.84. The average Bonchev–Trinajstić information content (AvgIpc) is 2.90. The molecule has 3 aromatic rings. The van der Waals surface area contributed by atoms with Crippen molar-refractivity contribution >= 4 is 28.4 Å². The molecule has 1 aliphatic rings. The van der Waals surface area contributed by atoms with Crippen molar-refractivity contribution in [2.75, 3.05) is 6.54 Å². The summed E-state index contributed by atoms with van der Waals surface area (Å²) in [7, 11) is 0. The molecule has 0 bridgehead atoms. The molecule has 0 saturated carbocycles. The number of nitriles is 1. The summed E-state index contributed by atoms with van der Waals surface area (Å²) >= 11 is 5.80. The molecule has 0 spiro atoms. The van der Waals surface area contributed by atoms with E-state index < -0.39 is 5.82 Å². The molecular formula is C19H13ClFN3O. The molecule has 25 heavy (non-hydrogen) atoms. The molecule has 2 heterocycles. The summed E-state index contributed by atoms with van der Waals surface area (Å²) < 4.78 is 15.9. The second-order valence-electron chi connectivity index (χ2n) is 6.04. The van der Waals surface area contributed by atoms with Crippen molar-refractivity contribution in [1.29, 1.82) is 5.26 Å². The number of halogens is 2. The first-order valence-corrected chi connectivity index (χ1v) is 8.19. The monoisotopic (exact) mass is 353 g/mol. The third-order valence-electron chi connectivity index (χ3n) is 4.60. The van der Waals surface area contributed by atoms with Gasteiger partial charge in [0.15, 0.2) is 0 Å². The lowest BCUT2D eigenvalue weighted by Crippen LogP contribution is -2.35. The number of aryl methyl sites for hydroxylation is 1. The minimum atomic E-state index is -0.519. The summed E-state index contributed by atoms with van der Waals surface area (Å²) in [6, 6.07) is 10.2. The van der Waals surface area contributed by atoms with Crippen molar-refractivity contribution in [1.82, 2.24) is 9.88 Å². The van der Waals surface area contributed by atoms with Gasteiger partial charge in [-0.25, -0.2) is 4.39 Å². The van der Waals surface area contributed by atoms with Gasteiger partial charge in [0.2, 0.25) is 0 Å². The third kappa shape index (κ3) is 2.30. The zero-order valence-corrected chi connectivity index (χ0v) is 14.1. The lowest BCUT2D eigenvalue weighted by atomic mass is 9.98. The van der Waals surface area contributed by atoms with Gasteiger partial charge in [0.25, 0.3) is 5.91 Å². The zero-order valence-electron chi connectivity index (χ0n) is 13.4. The fraction of sp³-hybridized carbons (Fsp3) is 0.158. The second kappa shape index (κ2) is 5.61. The van der Waals surface area contributed by atoms with Crippen LogP contribution in [0.4, 0.5) is 4.39 Å². The molecule has 4 rings (SSSR count). The van der Waals surface area contributed by atoms with Crippen molar-refractivity contribution in [2.45, 2.75) is 13.5 Å². The van der Waals surface area contributed by atoms with Gasteiger partial charge in [0.1, 0.15) is 11.5 Å². The van der Waals surface area contributed by atoms with E-state index in [2.05, 4.69) is 11.4 Å². The number of aromatic nitrogens is 1. The molecule has 0 radical (unpaired) electrons. The molecule has 1 amide bonds. The maximum absolute atomic E-state index is 14.0. The topological polar surface area (TPSA) is 57.8 Å². The van der Waals surface area contributed by atoms with Crippen LogP contribution in [0, 0.1) is 24.1 Å². The number of fused-ring (bicyclic) bond motifs is 3. The van der Waals surface area contributed by atoms with Crippen LogP contribution in [0.25, 0.3) is 22.0 Å². The summed E-state index contributed by atoms with van der Waals surface area (Å²) in [4.78, 5) is 12.3. The predicted octanol–water partition coefficient (Wildman–Crippen LogP) is 4.02. The van der Waals surface area contributed by atoms with Gasteiger partial charge in [0.05, 0.1) is 22.2 Å². The number of hydrogen-bond acceptors (Lipinski definition) is 2. The maximum atomic E-state index is 14.0. The van der Waals surface area contributed by atoms with Crippen LogP contribution in [0.5, 0.6) is 0 Å². The quantitative estimate of drug-likeness (QED) is 0.718. The number of nitrogens with zero attached hydrogens (tertiary/aromatic N) is 2. The number of nitrogens with one attached hydrogen (secondary N) is 1. The molecule has 1 aromatic heterocycles. The number of amides is 1. The Kier molecular flexibility index (Phi) is 3.52. The molecule has 0 fully saturated rings. The second-order valence-corrected chi connectivity index (χ2v) is 6.45. The van der Waals surface area contributed by atoms with Gasteiger partial charge in [-0.15, -0.1) is 0 Å². The van der Waals surface area contributed by atoms with Gasteiger partial charge in [-0.1, -0.05) is 17.7 Å². The molecular weight excluding hydrogens is 341 g/mol. The summed E-state index contributed by atoms with van der Waals surface area (Å²) in [6.45, 7) is 3.02. The largest absolute Gasteiger partial charge is 0.349 e. The number of rotatable bonds is 1. The van der Waals surface area contributed by atoms with Crippen molar-refractivity contribution in [3.05, 3.63) is 58.0 Å². The summed E-state index contributed by atoms with van der Waals surface area (Å²) in [5, 5.41) is 13.1. The average molecular weight is 354 g/mol. The van der Waals surface area contributed by atoms with E-state index in [-0.39, 0.29) is 10.9 Å². The van der Waals surface area contributed by atoms with E-state index in [1.165, 1.54) is 12.1 Å². The number of benzene rings is 2. The smallest absolute Gasteiger partial charge is 0.268 e. The Morgan fingerprint density at radius 2 is 2.12 bits per heavy atom. The minimum Gasteiger partial charge on any atom is -0.349 e. The predicted molar refractivity (Wildman–Crippen MR) is 94.1 cm³/mol. The highest BCUT2D eigenvalue weighted by Gasteiger charge is 2.26. The van der Waals surface area contributed by atoms with Gasteiger partial charge in [-0.3, -0.25) is 4.79 Å². The minimum absolute atomic E-state index is 0.0455. The van der Waals surface area contributed by atoms with Crippen LogP contribution in [0.2, 0.25) is 5.02 Å². The fourth-order valence-corrected chi connectivity index (χ4v) is 3.60. The van der Waals surface area contributed by atoms with E-state index in [4.69, 9.17) is 11.6 Å². The highest BCUT2D eigenvalue weighted by Crippen LogP contribution is 2.37. The number of carbonyl (C=O) groups excluding carboxylic acids is 1. The third-order valence-corrected chi connectivity index (χ3v) is 4.91. The van der Waals surface area contributed by atoms with Crippen LogP contribution in [-0.2, 0) is 6.54 Å². The van der Waals surface area contributed by atoms with Crippen LogP contribution < -0.4 is 5.32 Å². The molecule has 0 unspecified atom stereocenters. The number of hydrogen-bond donors (Lipinski definition) is 1. The SMILES string of the molecule is Cc1c2n(c3c(-c4ccc(Cl)c(F)c4)cc(C#N)cc13)CCNC2=O. The molecule has 0 atom stereocenters. The molecule has 0 aliphatic carbocycles. The van der Waals surface area contributed by atoms with Gasteiger partial charge in [-0.2, -0.15) is 5.26 Å². The van der Waals surface area contributed by atoms with Crippen LogP contribution >= 0.6 is 11.6 Å². The van der Waals surface area contributed by atoms with Crippen LogP contribution in [0.1, 0.15) is 21.6 Å². The fourth-order valence-electron chi connectivity index (χ4n) is 3.48. The first-order valence-electron chi connectivity index (χ1n) is 7.82. The molecule has 124 valence electrons. The molecule has 1 N–H and O–H groups in total. The molecule has 2 aromatic carbocycles. The Balaban J connectivity index is 2.13. The highest BCUT2D eigenvalue weighted by molar-refractivity contribution is 6.30. The van der Waals surface area contributed by atoms with E-state index in [0.29, 0.717) is 35.5 Å². The lowest BCUT2D eigenvalue weighted by Gasteiger charge is -2.18. The molecule has 4 nitrogen and oxygen atoms in total. The Morgan fingerprint density at radius 3 is 2.84 bits per heavy atom. The Morgan fingerprint density at radius 1 is 1.32 bits per heavy atom. The zero-order chi connectivity index (χ0) is 17.7. The molecule has 1 aliphatic heterocycles. The van der Waals surface area contributed by atoms with E-state index in [1.807, 2.05) is 11.5 Å². The van der Waals surface area contributed by atoms with Gasteiger partial charge in [0, 0.05) is 24.0 Å². The number of carbonyl (C=O) groups is 1. The van der Waals surface area contributed by atoms with Crippen molar-refractivity contribution in [3.63, 3.8) is 0 Å². The van der Waals surface area contributed by atoms with E-state index in [0.717, 1.165) is 16.5 Å². The first kappa shape index (κ1) is 15.7. The normalized spacial score (nSPS) is 13.4. The van der Waals surface area contributed by atoms with Gasteiger partial charge >= 0.3 is 0 Å². The van der Waals surface area contributed by atoms with E-state index in [1.54, 1.807) is 18.2 Å². The lowest BCUT2D eigenvalue weighted by molar-refractivity contribution is 0.0928. The van der Waals surface area contributed by atoms with Gasteiger partial charge in [-0.05, 0) is 42.3 Å². The Labute approximate surface area is 148 Å². The van der Waals surface area contributed by atoms with Gasteiger partial charge < -0.3 is 9.88 Å². The van der Waals surface area contributed by atoms with Crippen molar-refractivity contribution in [2.24, 2.45) is 0 Å². The molecule has 6 heteroatoms. The standard InChI is InChI=1S/C19H13ClFN3O/c1-10-13-6-11(9-22)7-14(12-2-3-15(20)16(21)8-12)18(13)24-5-4-23-19(25)17(10)24/h2-3,6-8H,4-5H2,1H3,(H,23,25). The highest BCUT2D eigenvalue weighted by atomic mass is 35.5. The Bertz CT molecular complexity index is 1090. The van der Waals surface area contributed by atoms with Crippen molar-refractivity contribution in [3.8, 4) is 17.2 Å². The first-order chi connectivity index (χ1) is 12.0. The van der Waals surface area contributed by atoms with Crippen LogP contribution in [-0.4, -0.2) is 17.0 Å². The summed E-state index contributed by atoms with van der Waals surface area (Å²) in [5.41, 5.74) is 4.04. The van der Waals surface area contributed by atoms with E-state index in [9.17, 15) is 14.4 Å².